The third-order valence-corrected chi connectivity index (χ3v) is 6.19. The molecule has 0 amide bonds. The number of ether oxygens (including phenoxy) is 1. The molecule has 3 rings (SSSR count). The van der Waals surface area contributed by atoms with Gasteiger partial charge in [-0.3, -0.25) is 0 Å². The zero-order valence-electron chi connectivity index (χ0n) is 16.7. The first-order valence-corrected chi connectivity index (χ1v) is 10.2. The maximum absolute atomic E-state index is 6.57. The van der Waals surface area contributed by atoms with Crippen LogP contribution in [0, 0.1) is 17.8 Å². The minimum absolute atomic E-state index is 0. The van der Waals surface area contributed by atoms with Gasteiger partial charge in [0.2, 0.25) is 0 Å². The van der Waals surface area contributed by atoms with Crippen LogP contribution in [0.1, 0.15) is 60.8 Å². The fourth-order valence-corrected chi connectivity index (χ4v) is 4.67. The van der Waals surface area contributed by atoms with Crippen molar-refractivity contribution in [1.82, 2.24) is 4.90 Å². The van der Waals surface area contributed by atoms with Gasteiger partial charge in [-0.1, -0.05) is 38.2 Å². The molecule has 4 radical (unpaired) electrons. The first-order chi connectivity index (χ1) is 12.5. The largest absolute Gasteiger partial charge is 0.389 e. The van der Waals surface area contributed by atoms with Crippen molar-refractivity contribution in [1.29, 1.82) is 0 Å². The average molecular weight is 423 g/mol. The first-order valence-electron chi connectivity index (χ1n) is 9.82. The zero-order valence-corrected chi connectivity index (χ0v) is 17.4. The summed E-state index contributed by atoms with van der Waals surface area (Å²) < 4.78 is 5.80. The highest BCUT2D eigenvalue weighted by Crippen LogP contribution is 2.43. The van der Waals surface area contributed by atoms with Crippen LogP contribution in [0.4, 0.5) is 0 Å². The van der Waals surface area contributed by atoms with E-state index >= 15 is 0 Å². The molecule has 0 aromatic heterocycles. The second-order valence-corrected chi connectivity index (χ2v) is 9.20. The monoisotopic (exact) mass is 422 g/mol. The van der Waals surface area contributed by atoms with Crippen molar-refractivity contribution in [3.63, 3.8) is 0 Å². The van der Waals surface area contributed by atoms with Gasteiger partial charge in [-0.25, -0.2) is 0 Å². The van der Waals surface area contributed by atoms with Gasteiger partial charge in [0.15, 0.2) is 0 Å². The summed E-state index contributed by atoms with van der Waals surface area (Å²) in [6, 6.07) is 0. The van der Waals surface area contributed by atoms with Gasteiger partial charge in [0.25, 0.3) is 0 Å². The highest BCUT2D eigenvalue weighted by Gasteiger charge is 2.45. The molecule has 2 aliphatic heterocycles. The number of hydrogen-bond donors (Lipinski definition) is 3. The van der Waals surface area contributed by atoms with E-state index in [9.17, 15) is 0 Å². The molecule has 0 aromatic rings. The molecule has 29 heavy (non-hydrogen) atoms. The van der Waals surface area contributed by atoms with E-state index in [0.717, 1.165) is 44.4 Å². The standard InChI is InChI=1S/C15H25B2NO.C4H8ClN3.2CH4/c1-14(2)8-13(6-7-19-14)15(16,17)18-9-11-4-3-5-12(11)10-18;5-3(6)1-2-4(7)8;;/h11-13H,3-10H2,1-2H3;1-2H,6-8H2;2*1H4/b;3-1-;;. The van der Waals surface area contributed by atoms with Gasteiger partial charge < -0.3 is 26.8 Å². The number of fused-ring (bicyclic) bond motifs is 1. The molecule has 3 fully saturated rings. The first kappa shape index (κ1) is 28.2. The van der Waals surface area contributed by atoms with Crippen molar-refractivity contribution in [3.05, 3.63) is 23.1 Å². The summed E-state index contributed by atoms with van der Waals surface area (Å²) in [6.07, 6.45) is 8.93. The summed E-state index contributed by atoms with van der Waals surface area (Å²) in [4.78, 5) is 2.37. The lowest BCUT2D eigenvalue weighted by Crippen LogP contribution is -2.57. The van der Waals surface area contributed by atoms with Gasteiger partial charge in [-0.05, 0) is 69.4 Å². The SMILES string of the molecule is C.C.NC(N)=C/C=C(\N)Cl.[B]C([B])(C1CCOC(C)(C)C1)N1CC2CCCC2C1. The van der Waals surface area contributed by atoms with E-state index < -0.39 is 5.34 Å². The van der Waals surface area contributed by atoms with Gasteiger partial charge >= 0.3 is 0 Å². The second kappa shape index (κ2) is 11.6. The molecule has 164 valence electrons. The fourth-order valence-electron chi connectivity index (χ4n) is 4.61. The number of nitrogens with zero attached hydrogens (tertiary/aromatic N) is 1. The van der Waals surface area contributed by atoms with E-state index in [-0.39, 0.29) is 31.4 Å². The molecule has 3 aliphatic rings. The Morgan fingerprint density at radius 2 is 1.62 bits per heavy atom. The Bertz CT molecular complexity index is 533. The molecule has 0 bridgehead atoms. The van der Waals surface area contributed by atoms with Gasteiger partial charge in [0, 0.05) is 19.7 Å². The molecule has 0 aromatic carbocycles. The minimum Gasteiger partial charge on any atom is -0.389 e. The van der Waals surface area contributed by atoms with Crippen molar-refractivity contribution in [3.8, 4) is 0 Å². The van der Waals surface area contributed by atoms with Crippen molar-refractivity contribution in [2.24, 2.45) is 35.0 Å². The summed E-state index contributed by atoms with van der Waals surface area (Å²) in [5.41, 5.74) is 15.0. The van der Waals surface area contributed by atoms with Gasteiger partial charge in [-0.2, -0.15) is 0 Å². The van der Waals surface area contributed by atoms with E-state index in [0.29, 0.717) is 5.92 Å². The van der Waals surface area contributed by atoms with Crippen molar-refractivity contribution >= 4 is 27.3 Å². The highest BCUT2D eigenvalue weighted by atomic mass is 35.5. The predicted molar refractivity (Wildman–Crippen MR) is 127 cm³/mol. The maximum Gasteiger partial charge on any atom is 0.0993 e. The normalized spacial score (nSPS) is 28.8. The van der Waals surface area contributed by atoms with E-state index in [2.05, 4.69) is 18.7 Å². The molecule has 3 atom stereocenters. The average Bonchev–Trinajstić information content (AvgIpc) is 3.14. The van der Waals surface area contributed by atoms with Crippen LogP contribution in [-0.2, 0) is 4.74 Å². The van der Waals surface area contributed by atoms with Crippen LogP contribution in [-0.4, -0.2) is 51.2 Å². The van der Waals surface area contributed by atoms with Crippen LogP contribution in [0.5, 0.6) is 0 Å². The zero-order chi connectivity index (χ0) is 20.2. The summed E-state index contributed by atoms with van der Waals surface area (Å²) in [5, 5.41) is -0.482. The molecule has 1 saturated carbocycles. The van der Waals surface area contributed by atoms with Crippen LogP contribution in [0.25, 0.3) is 0 Å². The fraction of sp³-hybridized carbons (Fsp3) is 0.810. The number of halogens is 1. The molecule has 8 heteroatoms. The van der Waals surface area contributed by atoms with E-state index in [1.807, 2.05) is 0 Å². The number of allylic oxidation sites excluding steroid dienone is 2. The number of nitrogens with two attached hydrogens (primary N) is 3. The second-order valence-electron chi connectivity index (χ2n) is 8.76. The molecule has 0 spiro atoms. The Balaban J connectivity index is 0.000000681. The Morgan fingerprint density at radius 3 is 2.03 bits per heavy atom. The Hall–Kier alpha value is -0.780. The quantitative estimate of drug-likeness (QED) is 0.369. The van der Waals surface area contributed by atoms with Gasteiger partial charge in [0.05, 0.1) is 32.3 Å². The lowest BCUT2D eigenvalue weighted by molar-refractivity contribution is -0.0837. The van der Waals surface area contributed by atoms with E-state index in [1.165, 1.54) is 31.4 Å². The van der Waals surface area contributed by atoms with Crippen molar-refractivity contribution < 1.29 is 4.74 Å². The highest BCUT2D eigenvalue weighted by molar-refractivity contribution is 6.40. The smallest absolute Gasteiger partial charge is 0.0993 e. The Morgan fingerprint density at radius 1 is 1.07 bits per heavy atom. The molecule has 2 heterocycles. The minimum atomic E-state index is -0.647. The topological polar surface area (TPSA) is 90.5 Å². The molecule has 6 N–H and O–H groups in total. The maximum atomic E-state index is 6.57. The summed E-state index contributed by atoms with van der Waals surface area (Å²) in [5.74, 6) is 2.22. The molecular weight excluding hydrogens is 381 g/mol. The van der Waals surface area contributed by atoms with Crippen LogP contribution in [0.15, 0.2) is 23.1 Å². The van der Waals surface area contributed by atoms with Crippen LogP contribution >= 0.6 is 11.6 Å². The number of rotatable bonds is 3. The third-order valence-electron chi connectivity index (χ3n) is 6.06. The third kappa shape index (κ3) is 8.10. The lowest BCUT2D eigenvalue weighted by atomic mass is 9.51. The predicted octanol–water partition coefficient (Wildman–Crippen LogP) is 2.97. The van der Waals surface area contributed by atoms with Crippen LogP contribution in [0.2, 0.25) is 0 Å². The van der Waals surface area contributed by atoms with Gasteiger partial charge in [0.1, 0.15) is 0 Å². The number of likely N-dealkylation sites (tertiary alicyclic amines) is 1. The summed E-state index contributed by atoms with van der Waals surface area (Å²) in [6.45, 7) is 7.29. The van der Waals surface area contributed by atoms with Gasteiger partial charge in [-0.15, -0.1) is 0 Å². The summed E-state index contributed by atoms with van der Waals surface area (Å²) in [7, 11) is 13.1. The van der Waals surface area contributed by atoms with E-state index in [1.54, 1.807) is 0 Å². The van der Waals surface area contributed by atoms with Crippen molar-refractivity contribution in [2.75, 3.05) is 19.7 Å². The molecule has 3 unspecified atom stereocenters. The molecule has 1 aliphatic carbocycles. The van der Waals surface area contributed by atoms with E-state index in [4.69, 9.17) is 49.2 Å². The molecule has 2 saturated heterocycles. The molecule has 5 nitrogen and oxygen atoms in total. The molecular formula is C21H41B2ClN4O. The summed E-state index contributed by atoms with van der Waals surface area (Å²) >= 11 is 5.21. The van der Waals surface area contributed by atoms with Crippen LogP contribution in [0.3, 0.4) is 0 Å². The lowest BCUT2D eigenvalue weighted by Gasteiger charge is -2.49. The Labute approximate surface area is 186 Å². The number of hydrogen-bond acceptors (Lipinski definition) is 5. The van der Waals surface area contributed by atoms with Crippen LogP contribution < -0.4 is 17.2 Å². The van der Waals surface area contributed by atoms with Crippen molar-refractivity contribution in [2.45, 2.75) is 71.7 Å². The Kier molecular flexibility index (Phi) is 11.3.